The van der Waals surface area contributed by atoms with Crippen LogP contribution in [0, 0.1) is 0 Å². The smallest absolute Gasteiger partial charge is 0.373 e. The van der Waals surface area contributed by atoms with E-state index in [1.54, 1.807) is 0 Å². The third-order valence-electron chi connectivity index (χ3n) is 6.64. The van der Waals surface area contributed by atoms with Crippen molar-refractivity contribution in [2.75, 3.05) is 33.3 Å². The highest BCUT2D eigenvalue weighted by Gasteiger charge is 2.35. The Labute approximate surface area is 202 Å². The number of nitrogens with zero attached hydrogens (tertiary/aromatic N) is 2. The summed E-state index contributed by atoms with van der Waals surface area (Å²) in [6, 6.07) is 18.4. The molecule has 0 amide bonds. The first-order chi connectivity index (χ1) is 16.5. The molecule has 2 heterocycles. The van der Waals surface area contributed by atoms with E-state index in [2.05, 4.69) is 17.1 Å². The van der Waals surface area contributed by atoms with Crippen LogP contribution < -0.4 is 10.1 Å². The maximum absolute atomic E-state index is 11.8. The fraction of sp³-hybridized carbons (Fsp3) is 0.444. The van der Waals surface area contributed by atoms with Gasteiger partial charge in [-0.15, -0.1) is 0 Å². The van der Waals surface area contributed by atoms with Crippen molar-refractivity contribution in [2.45, 2.75) is 45.0 Å². The first-order valence-corrected chi connectivity index (χ1v) is 12.1. The van der Waals surface area contributed by atoms with Crippen molar-refractivity contribution in [3.8, 4) is 5.75 Å². The second-order valence-corrected chi connectivity index (χ2v) is 9.05. The average molecular weight is 466 g/mol. The van der Waals surface area contributed by atoms with Gasteiger partial charge in [0.15, 0.2) is 6.23 Å². The van der Waals surface area contributed by atoms with Crippen LogP contribution in [0.25, 0.3) is 0 Å². The maximum atomic E-state index is 11.8. The highest BCUT2D eigenvalue weighted by Crippen LogP contribution is 2.35. The number of nitrogens with one attached hydrogen (secondary N) is 1. The van der Waals surface area contributed by atoms with Gasteiger partial charge in [0.05, 0.1) is 12.3 Å². The Bertz CT molecular complexity index is 977. The fourth-order valence-corrected chi connectivity index (χ4v) is 4.66. The zero-order valence-electron chi connectivity index (χ0n) is 20.1. The largest absolute Gasteiger partial charge is 0.494 e. The Balaban J connectivity index is 1.29. The molecule has 34 heavy (non-hydrogen) atoms. The number of carboxylic acid groups (broad SMARTS) is 1. The standard InChI is InChI=1S/C27H35N3O4/c1-20-8-6-15-30(20)16-7-17-33-23-13-11-22(12-14-23)26-29(2)24(25(34-26)27(31)32)19-28-18-21-9-4-3-5-10-21/h3-5,9-14,20,26,28H,6-8,15-19H2,1-2H3,(H,31,32). The van der Waals surface area contributed by atoms with Crippen LogP contribution in [0.3, 0.4) is 0 Å². The first-order valence-electron chi connectivity index (χ1n) is 12.1. The van der Waals surface area contributed by atoms with Crippen LogP contribution in [0.2, 0.25) is 0 Å². The van der Waals surface area contributed by atoms with E-state index < -0.39 is 12.2 Å². The van der Waals surface area contributed by atoms with E-state index in [0.29, 0.717) is 31.4 Å². The lowest BCUT2D eigenvalue weighted by molar-refractivity contribution is -0.137. The summed E-state index contributed by atoms with van der Waals surface area (Å²) in [6.45, 7) is 6.30. The van der Waals surface area contributed by atoms with Crippen LogP contribution >= 0.6 is 0 Å². The average Bonchev–Trinajstić information content (AvgIpc) is 3.41. The molecule has 0 spiro atoms. The first kappa shape index (κ1) is 24.1. The molecule has 182 valence electrons. The molecule has 2 aromatic rings. The molecule has 2 aromatic carbocycles. The Hall–Kier alpha value is -3.03. The molecule has 0 aliphatic carbocycles. The summed E-state index contributed by atoms with van der Waals surface area (Å²) in [6.07, 6.45) is 3.12. The molecule has 1 saturated heterocycles. The number of rotatable bonds is 11. The van der Waals surface area contributed by atoms with E-state index in [1.165, 1.54) is 19.4 Å². The minimum Gasteiger partial charge on any atom is -0.494 e. The van der Waals surface area contributed by atoms with Gasteiger partial charge in [0.2, 0.25) is 5.76 Å². The van der Waals surface area contributed by atoms with E-state index in [9.17, 15) is 9.90 Å². The molecule has 2 aliphatic rings. The summed E-state index contributed by atoms with van der Waals surface area (Å²) in [5, 5.41) is 13.0. The number of aliphatic carboxylic acids is 1. The van der Waals surface area contributed by atoms with E-state index in [1.807, 2.05) is 66.5 Å². The fourth-order valence-electron chi connectivity index (χ4n) is 4.66. The van der Waals surface area contributed by atoms with Crippen LogP contribution in [0.4, 0.5) is 0 Å². The van der Waals surface area contributed by atoms with Crippen LogP contribution in [-0.2, 0) is 16.1 Å². The van der Waals surface area contributed by atoms with Gasteiger partial charge in [-0.2, -0.15) is 0 Å². The molecular formula is C27H35N3O4. The SMILES string of the molecule is CC1CCCN1CCCOc1ccc(C2OC(C(=O)O)=C(CNCc3ccccc3)N2C)cc1. The van der Waals surface area contributed by atoms with Crippen LogP contribution in [0.1, 0.15) is 43.5 Å². The Morgan fingerprint density at radius 1 is 1.15 bits per heavy atom. The number of ether oxygens (including phenoxy) is 2. The van der Waals surface area contributed by atoms with Crippen LogP contribution in [0.5, 0.6) is 5.75 Å². The molecule has 4 rings (SSSR count). The number of hydrogen-bond acceptors (Lipinski definition) is 6. The zero-order valence-corrected chi connectivity index (χ0v) is 20.1. The maximum Gasteiger partial charge on any atom is 0.373 e. The highest BCUT2D eigenvalue weighted by atomic mass is 16.5. The normalized spacial score (nSPS) is 20.6. The zero-order chi connectivity index (χ0) is 23.9. The lowest BCUT2D eigenvalue weighted by Gasteiger charge is -2.24. The molecule has 0 aromatic heterocycles. The van der Waals surface area contributed by atoms with Crippen molar-refractivity contribution in [3.63, 3.8) is 0 Å². The highest BCUT2D eigenvalue weighted by molar-refractivity contribution is 5.85. The molecule has 2 unspecified atom stereocenters. The summed E-state index contributed by atoms with van der Waals surface area (Å²) in [4.78, 5) is 16.2. The summed E-state index contributed by atoms with van der Waals surface area (Å²) < 4.78 is 11.8. The van der Waals surface area contributed by atoms with Crippen molar-refractivity contribution in [3.05, 3.63) is 77.2 Å². The van der Waals surface area contributed by atoms with Gasteiger partial charge in [-0.3, -0.25) is 0 Å². The molecule has 7 nitrogen and oxygen atoms in total. The Morgan fingerprint density at radius 2 is 1.91 bits per heavy atom. The van der Waals surface area contributed by atoms with E-state index in [-0.39, 0.29) is 5.76 Å². The van der Waals surface area contributed by atoms with E-state index in [4.69, 9.17) is 9.47 Å². The second kappa shape index (κ2) is 11.4. The molecular weight excluding hydrogens is 430 g/mol. The Kier molecular flexibility index (Phi) is 8.08. The molecule has 0 radical (unpaired) electrons. The van der Waals surface area contributed by atoms with Gasteiger partial charge < -0.3 is 29.7 Å². The van der Waals surface area contributed by atoms with Gasteiger partial charge in [0, 0.05) is 38.3 Å². The van der Waals surface area contributed by atoms with Crippen molar-refractivity contribution in [2.24, 2.45) is 0 Å². The van der Waals surface area contributed by atoms with Gasteiger partial charge >= 0.3 is 5.97 Å². The van der Waals surface area contributed by atoms with Crippen molar-refractivity contribution < 1.29 is 19.4 Å². The molecule has 0 saturated carbocycles. The minimum absolute atomic E-state index is 0.00970. The number of likely N-dealkylation sites (tertiary alicyclic amines) is 1. The van der Waals surface area contributed by atoms with E-state index >= 15 is 0 Å². The second-order valence-electron chi connectivity index (χ2n) is 9.05. The number of carboxylic acids is 1. The molecule has 2 atom stereocenters. The van der Waals surface area contributed by atoms with Crippen molar-refractivity contribution >= 4 is 5.97 Å². The summed E-state index contributed by atoms with van der Waals surface area (Å²) in [5.41, 5.74) is 2.66. The van der Waals surface area contributed by atoms with Crippen molar-refractivity contribution in [1.82, 2.24) is 15.1 Å². The third kappa shape index (κ3) is 5.90. The summed E-state index contributed by atoms with van der Waals surface area (Å²) >= 11 is 0. The monoisotopic (exact) mass is 465 g/mol. The van der Waals surface area contributed by atoms with Gasteiger partial charge in [0.25, 0.3) is 0 Å². The third-order valence-corrected chi connectivity index (χ3v) is 6.64. The van der Waals surface area contributed by atoms with Crippen molar-refractivity contribution in [1.29, 1.82) is 0 Å². The Morgan fingerprint density at radius 3 is 2.59 bits per heavy atom. The van der Waals surface area contributed by atoms with Crippen LogP contribution in [0.15, 0.2) is 66.1 Å². The molecule has 7 heteroatoms. The van der Waals surface area contributed by atoms with Gasteiger partial charge in [-0.25, -0.2) is 4.79 Å². The van der Waals surface area contributed by atoms with Gasteiger partial charge in [-0.1, -0.05) is 30.3 Å². The number of carbonyl (C=O) groups is 1. The van der Waals surface area contributed by atoms with Crippen LogP contribution in [-0.4, -0.2) is 60.2 Å². The van der Waals surface area contributed by atoms with E-state index in [0.717, 1.165) is 29.8 Å². The minimum atomic E-state index is -1.06. The molecule has 1 fully saturated rings. The number of hydrogen-bond donors (Lipinski definition) is 2. The molecule has 0 bridgehead atoms. The molecule has 2 aliphatic heterocycles. The number of benzene rings is 2. The quantitative estimate of drug-likeness (QED) is 0.486. The van der Waals surface area contributed by atoms with Gasteiger partial charge in [-0.05, 0) is 62.6 Å². The summed E-state index contributed by atoms with van der Waals surface area (Å²) in [5.74, 6) is -0.252. The van der Waals surface area contributed by atoms with Gasteiger partial charge in [0.1, 0.15) is 5.75 Å². The lowest BCUT2D eigenvalue weighted by atomic mass is 10.1. The lowest BCUT2D eigenvalue weighted by Crippen LogP contribution is -2.28. The predicted octanol–water partition coefficient (Wildman–Crippen LogP) is 3.99. The molecule has 2 N–H and O–H groups in total. The number of likely N-dealkylation sites (N-methyl/N-ethyl adjacent to an activating group) is 1. The topological polar surface area (TPSA) is 74.3 Å². The predicted molar refractivity (Wildman–Crippen MR) is 131 cm³/mol. The summed E-state index contributed by atoms with van der Waals surface area (Å²) in [7, 11) is 1.86.